The summed E-state index contributed by atoms with van der Waals surface area (Å²) in [7, 11) is 0. The van der Waals surface area contributed by atoms with Crippen molar-refractivity contribution in [2.24, 2.45) is 23.2 Å². The predicted molar refractivity (Wildman–Crippen MR) is 57.6 cm³/mol. The summed E-state index contributed by atoms with van der Waals surface area (Å²) in [6, 6.07) is 0. The van der Waals surface area contributed by atoms with E-state index in [-0.39, 0.29) is 0 Å². The van der Waals surface area contributed by atoms with Crippen molar-refractivity contribution in [2.45, 2.75) is 59.3 Å². The molecule has 0 N–H and O–H groups in total. The van der Waals surface area contributed by atoms with E-state index in [1.165, 1.54) is 32.1 Å². The van der Waals surface area contributed by atoms with Crippen molar-refractivity contribution in [2.75, 3.05) is 0 Å². The van der Waals surface area contributed by atoms with E-state index < -0.39 is 0 Å². The molecular weight excluding hydrogens is 156 g/mol. The van der Waals surface area contributed by atoms with Crippen molar-refractivity contribution in [3.8, 4) is 0 Å². The van der Waals surface area contributed by atoms with Crippen LogP contribution in [0.4, 0.5) is 0 Å². The Labute approximate surface area is 83.1 Å². The second kappa shape index (κ2) is 3.29. The minimum Gasteiger partial charge on any atom is -0.0649 e. The summed E-state index contributed by atoms with van der Waals surface area (Å²) in [4.78, 5) is 0. The van der Waals surface area contributed by atoms with E-state index in [1.807, 2.05) is 0 Å². The van der Waals surface area contributed by atoms with E-state index in [4.69, 9.17) is 0 Å². The van der Waals surface area contributed by atoms with Gasteiger partial charge in [0.1, 0.15) is 0 Å². The maximum atomic E-state index is 2.52. The van der Waals surface area contributed by atoms with Crippen LogP contribution < -0.4 is 0 Å². The normalized spacial score (nSPS) is 50.5. The van der Waals surface area contributed by atoms with E-state index >= 15 is 0 Å². The SMILES string of the molecule is CCC1(C)CC2CC(C)CC(C2)C1. The van der Waals surface area contributed by atoms with Crippen LogP contribution in [-0.2, 0) is 0 Å². The second-order valence-electron chi connectivity index (χ2n) is 6.12. The molecule has 2 aliphatic rings. The van der Waals surface area contributed by atoms with Crippen molar-refractivity contribution in [1.82, 2.24) is 0 Å². The van der Waals surface area contributed by atoms with Gasteiger partial charge in [-0.1, -0.05) is 27.2 Å². The highest BCUT2D eigenvalue weighted by Gasteiger charge is 2.39. The van der Waals surface area contributed by atoms with Gasteiger partial charge in [-0.2, -0.15) is 0 Å². The molecule has 2 bridgehead atoms. The highest BCUT2D eigenvalue weighted by atomic mass is 14.4. The van der Waals surface area contributed by atoms with E-state index in [0.29, 0.717) is 5.41 Å². The van der Waals surface area contributed by atoms with Crippen LogP contribution in [0.2, 0.25) is 0 Å². The summed E-state index contributed by atoms with van der Waals surface area (Å²) < 4.78 is 0. The Kier molecular flexibility index (Phi) is 2.42. The van der Waals surface area contributed by atoms with Gasteiger partial charge in [0.2, 0.25) is 0 Å². The molecule has 0 aromatic carbocycles. The lowest BCUT2D eigenvalue weighted by Crippen LogP contribution is -2.35. The minimum atomic E-state index is 0.702. The summed E-state index contributed by atoms with van der Waals surface area (Å²) in [6.07, 6.45) is 9.03. The molecule has 2 rings (SSSR count). The van der Waals surface area contributed by atoms with Crippen LogP contribution in [0.5, 0.6) is 0 Å². The van der Waals surface area contributed by atoms with Crippen molar-refractivity contribution in [1.29, 1.82) is 0 Å². The maximum Gasteiger partial charge on any atom is -0.0323 e. The van der Waals surface area contributed by atoms with Crippen LogP contribution in [0.1, 0.15) is 59.3 Å². The first-order valence-electron chi connectivity index (χ1n) is 6.11. The van der Waals surface area contributed by atoms with Gasteiger partial charge in [0.15, 0.2) is 0 Å². The molecule has 2 unspecified atom stereocenters. The second-order valence-corrected chi connectivity index (χ2v) is 6.12. The van der Waals surface area contributed by atoms with Crippen molar-refractivity contribution < 1.29 is 0 Å². The van der Waals surface area contributed by atoms with Gasteiger partial charge in [-0.3, -0.25) is 0 Å². The molecule has 2 aliphatic carbocycles. The molecule has 0 radical (unpaired) electrons. The van der Waals surface area contributed by atoms with E-state index in [0.717, 1.165) is 17.8 Å². The fraction of sp³-hybridized carbons (Fsp3) is 1.00. The molecule has 0 aliphatic heterocycles. The molecule has 0 amide bonds. The highest BCUT2D eigenvalue weighted by molar-refractivity contribution is 4.90. The largest absolute Gasteiger partial charge is 0.0649 e. The topological polar surface area (TPSA) is 0 Å². The van der Waals surface area contributed by atoms with Crippen LogP contribution in [-0.4, -0.2) is 0 Å². The van der Waals surface area contributed by atoms with Gasteiger partial charge in [-0.25, -0.2) is 0 Å². The average Bonchev–Trinajstić information content (AvgIpc) is 2.01. The van der Waals surface area contributed by atoms with Crippen LogP contribution in [0.25, 0.3) is 0 Å². The van der Waals surface area contributed by atoms with Gasteiger partial charge in [-0.15, -0.1) is 0 Å². The lowest BCUT2D eigenvalue weighted by atomic mass is 9.59. The van der Waals surface area contributed by atoms with E-state index in [1.54, 1.807) is 6.42 Å². The lowest BCUT2D eigenvalue weighted by molar-refractivity contribution is 0.0441. The Morgan fingerprint density at radius 1 is 1.08 bits per heavy atom. The summed E-state index contributed by atoms with van der Waals surface area (Å²) in [5.41, 5.74) is 0.702. The molecule has 0 aromatic heterocycles. The summed E-state index contributed by atoms with van der Waals surface area (Å²) in [6.45, 7) is 7.35. The number of rotatable bonds is 1. The fourth-order valence-corrected chi connectivity index (χ4v) is 4.00. The Hall–Kier alpha value is 0. The van der Waals surface area contributed by atoms with Crippen LogP contribution in [0.15, 0.2) is 0 Å². The quantitative estimate of drug-likeness (QED) is 0.566. The van der Waals surface area contributed by atoms with Gasteiger partial charge in [-0.05, 0) is 55.3 Å². The third-order valence-electron chi connectivity index (χ3n) is 4.55. The van der Waals surface area contributed by atoms with E-state index in [9.17, 15) is 0 Å². The van der Waals surface area contributed by atoms with Gasteiger partial charge in [0, 0.05) is 0 Å². The zero-order chi connectivity index (χ0) is 9.47. The Bertz CT molecular complexity index is 164. The zero-order valence-corrected chi connectivity index (χ0v) is 9.47. The molecule has 0 spiro atoms. The first kappa shape index (κ1) is 9.55. The summed E-state index contributed by atoms with van der Waals surface area (Å²) in [5.74, 6) is 3.17. The number of fused-ring (bicyclic) bond motifs is 2. The monoisotopic (exact) mass is 180 g/mol. The smallest absolute Gasteiger partial charge is 0.0323 e. The van der Waals surface area contributed by atoms with Gasteiger partial charge in [0.25, 0.3) is 0 Å². The molecule has 2 fully saturated rings. The molecule has 0 saturated heterocycles. The summed E-state index contributed by atoms with van der Waals surface area (Å²) in [5, 5.41) is 0. The number of hydrogen-bond acceptors (Lipinski definition) is 0. The van der Waals surface area contributed by atoms with Crippen molar-refractivity contribution >= 4 is 0 Å². The molecule has 2 atom stereocenters. The predicted octanol–water partition coefficient (Wildman–Crippen LogP) is 4.25. The van der Waals surface area contributed by atoms with Gasteiger partial charge in [0.05, 0.1) is 0 Å². The third-order valence-corrected chi connectivity index (χ3v) is 4.55. The Balaban J connectivity index is 2.05. The standard InChI is InChI=1S/C13H24/c1-4-13(3)8-11-5-10(2)6-12(7-11)9-13/h10-12H,4-9H2,1-3H3. The van der Waals surface area contributed by atoms with Gasteiger partial charge < -0.3 is 0 Å². The molecule has 0 heteroatoms. The highest BCUT2D eigenvalue weighted by Crippen LogP contribution is 2.51. The van der Waals surface area contributed by atoms with E-state index in [2.05, 4.69) is 20.8 Å². The molecule has 0 heterocycles. The summed E-state index contributed by atoms with van der Waals surface area (Å²) >= 11 is 0. The molecule has 2 saturated carbocycles. The third kappa shape index (κ3) is 1.92. The average molecular weight is 180 g/mol. The Morgan fingerprint density at radius 3 is 2.08 bits per heavy atom. The fourth-order valence-electron chi connectivity index (χ4n) is 4.00. The zero-order valence-electron chi connectivity index (χ0n) is 9.47. The molecule has 0 aromatic rings. The van der Waals surface area contributed by atoms with Crippen molar-refractivity contribution in [3.63, 3.8) is 0 Å². The van der Waals surface area contributed by atoms with Crippen molar-refractivity contribution in [3.05, 3.63) is 0 Å². The maximum absolute atomic E-state index is 2.52. The first-order chi connectivity index (χ1) is 6.11. The molecular formula is C13H24. The number of hydrogen-bond donors (Lipinski definition) is 0. The minimum absolute atomic E-state index is 0.702. The van der Waals surface area contributed by atoms with Gasteiger partial charge >= 0.3 is 0 Å². The molecule has 13 heavy (non-hydrogen) atoms. The van der Waals surface area contributed by atoms with Crippen LogP contribution >= 0.6 is 0 Å². The van der Waals surface area contributed by atoms with Crippen LogP contribution in [0, 0.1) is 23.2 Å². The van der Waals surface area contributed by atoms with Crippen LogP contribution in [0.3, 0.4) is 0 Å². The molecule has 0 nitrogen and oxygen atoms in total. The Morgan fingerprint density at radius 2 is 1.62 bits per heavy atom. The first-order valence-corrected chi connectivity index (χ1v) is 6.11. The lowest BCUT2D eigenvalue weighted by Gasteiger charge is -2.47. The molecule has 76 valence electrons.